The highest BCUT2D eigenvalue weighted by Crippen LogP contribution is 1.99. The fraction of sp³-hybridized carbons (Fsp3) is 1.00. The lowest BCUT2D eigenvalue weighted by Gasteiger charge is -2.29. The predicted octanol–water partition coefficient (Wildman–Crippen LogP) is -0.765. The van der Waals surface area contributed by atoms with E-state index in [0.29, 0.717) is 13.1 Å². The number of hydrogen-bond donors (Lipinski definition) is 1. The molecule has 0 aliphatic carbocycles. The molecule has 0 unspecified atom stereocenters. The Balaban J connectivity index is 2.23. The quantitative estimate of drug-likeness (QED) is 0.519. The molecule has 0 aromatic rings. The Kier molecular flexibility index (Phi) is 2.58. The molecule has 0 amide bonds. The van der Waals surface area contributed by atoms with Crippen molar-refractivity contribution in [2.45, 2.75) is 0 Å². The zero-order valence-corrected chi connectivity index (χ0v) is 5.73. The van der Waals surface area contributed by atoms with Gasteiger partial charge in [0, 0.05) is 13.1 Å². The van der Waals surface area contributed by atoms with E-state index in [1.54, 1.807) is 0 Å². The first kappa shape index (κ1) is 7.43. The first-order valence-corrected chi connectivity index (χ1v) is 3.28. The van der Waals surface area contributed by atoms with Crippen LogP contribution in [0.25, 0.3) is 0 Å². The topological polar surface area (TPSA) is 56.1 Å². The fourth-order valence-electron chi connectivity index (χ4n) is 0.960. The van der Waals surface area contributed by atoms with Gasteiger partial charge in [-0.05, 0) is 0 Å². The SMILES string of the molecule is O=NN1CCN(CO)CC1. The van der Waals surface area contributed by atoms with Gasteiger partial charge in [-0.3, -0.25) is 9.91 Å². The van der Waals surface area contributed by atoms with Crippen LogP contribution >= 0.6 is 0 Å². The van der Waals surface area contributed by atoms with E-state index in [9.17, 15) is 4.91 Å². The average molecular weight is 145 g/mol. The highest BCUT2D eigenvalue weighted by molar-refractivity contribution is 4.65. The predicted molar refractivity (Wildman–Crippen MR) is 36.0 cm³/mol. The second kappa shape index (κ2) is 3.48. The van der Waals surface area contributed by atoms with Crippen LogP contribution in [0.5, 0.6) is 0 Å². The summed E-state index contributed by atoms with van der Waals surface area (Å²) in [6.07, 6.45) is 0. The zero-order chi connectivity index (χ0) is 7.40. The lowest BCUT2D eigenvalue weighted by atomic mass is 10.4. The van der Waals surface area contributed by atoms with E-state index in [1.807, 2.05) is 4.90 Å². The molecule has 0 aromatic heterocycles. The summed E-state index contributed by atoms with van der Waals surface area (Å²) in [5, 5.41) is 12.9. The molecule has 1 heterocycles. The van der Waals surface area contributed by atoms with Crippen LogP contribution in [-0.4, -0.2) is 47.9 Å². The molecule has 0 aromatic carbocycles. The minimum Gasteiger partial charge on any atom is -0.381 e. The molecule has 0 atom stereocenters. The van der Waals surface area contributed by atoms with Gasteiger partial charge < -0.3 is 5.11 Å². The van der Waals surface area contributed by atoms with E-state index in [2.05, 4.69) is 5.29 Å². The van der Waals surface area contributed by atoms with Gasteiger partial charge in [-0.2, -0.15) is 0 Å². The van der Waals surface area contributed by atoms with E-state index in [-0.39, 0.29) is 6.73 Å². The van der Waals surface area contributed by atoms with Crippen molar-refractivity contribution in [3.8, 4) is 0 Å². The molecule has 0 spiro atoms. The third kappa shape index (κ3) is 1.65. The lowest BCUT2D eigenvalue weighted by molar-refractivity contribution is 0.0548. The number of aliphatic hydroxyl groups excluding tert-OH is 1. The lowest BCUT2D eigenvalue weighted by Crippen LogP contribution is -2.44. The van der Waals surface area contributed by atoms with E-state index < -0.39 is 0 Å². The van der Waals surface area contributed by atoms with Gasteiger partial charge in [0.05, 0.1) is 25.1 Å². The minimum absolute atomic E-state index is 0.0761. The van der Waals surface area contributed by atoms with Crippen molar-refractivity contribution in [2.24, 2.45) is 5.29 Å². The molecule has 0 saturated carbocycles. The molecule has 5 nitrogen and oxygen atoms in total. The second-order valence-corrected chi connectivity index (χ2v) is 2.29. The molecule has 58 valence electrons. The van der Waals surface area contributed by atoms with Crippen LogP contribution in [-0.2, 0) is 0 Å². The summed E-state index contributed by atoms with van der Waals surface area (Å²) in [5.41, 5.74) is 0. The van der Waals surface area contributed by atoms with Crippen LogP contribution in [0.3, 0.4) is 0 Å². The third-order valence-corrected chi connectivity index (χ3v) is 1.66. The smallest absolute Gasteiger partial charge is 0.0957 e. The molecule has 0 radical (unpaired) electrons. The summed E-state index contributed by atoms with van der Waals surface area (Å²) in [7, 11) is 0. The first-order valence-electron chi connectivity index (χ1n) is 3.28. The maximum absolute atomic E-state index is 9.95. The number of piperazine rings is 1. The van der Waals surface area contributed by atoms with Gasteiger partial charge in [-0.25, -0.2) is 0 Å². The van der Waals surface area contributed by atoms with Gasteiger partial charge in [0.25, 0.3) is 0 Å². The van der Waals surface area contributed by atoms with E-state index >= 15 is 0 Å². The summed E-state index contributed by atoms with van der Waals surface area (Å²) < 4.78 is 0. The van der Waals surface area contributed by atoms with Crippen molar-refractivity contribution in [2.75, 3.05) is 32.9 Å². The number of nitroso groups, excluding NO2 is 1. The van der Waals surface area contributed by atoms with Crippen molar-refractivity contribution < 1.29 is 5.11 Å². The molecule has 5 heteroatoms. The Labute approximate surface area is 59.2 Å². The Hall–Kier alpha value is -0.680. The van der Waals surface area contributed by atoms with Crippen molar-refractivity contribution in [3.05, 3.63) is 4.91 Å². The van der Waals surface area contributed by atoms with Crippen molar-refractivity contribution in [1.29, 1.82) is 0 Å². The van der Waals surface area contributed by atoms with Gasteiger partial charge in [0.1, 0.15) is 0 Å². The molecule has 1 fully saturated rings. The van der Waals surface area contributed by atoms with Gasteiger partial charge >= 0.3 is 0 Å². The normalized spacial score (nSPS) is 21.1. The van der Waals surface area contributed by atoms with Gasteiger partial charge in [-0.1, -0.05) is 0 Å². The van der Waals surface area contributed by atoms with Crippen LogP contribution in [0.2, 0.25) is 0 Å². The van der Waals surface area contributed by atoms with Crippen LogP contribution < -0.4 is 0 Å². The summed E-state index contributed by atoms with van der Waals surface area (Å²) >= 11 is 0. The number of rotatable bonds is 2. The Morgan fingerprint density at radius 3 is 2.30 bits per heavy atom. The fourth-order valence-corrected chi connectivity index (χ4v) is 0.960. The van der Waals surface area contributed by atoms with E-state index in [1.165, 1.54) is 5.01 Å². The van der Waals surface area contributed by atoms with Crippen LogP contribution in [0.15, 0.2) is 5.29 Å². The molecule has 1 N–H and O–H groups in total. The van der Waals surface area contributed by atoms with Crippen LogP contribution in [0.1, 0.15) is 0 Å². The van der Waals surface area contributed by atoms with Crippen LogP contribution in [0, 0.1) is 4.91 Å². The summed E-state index contributed by atoms with van der Waals surface area (Å²) in [6, 6.07) is 0. The zero-order valence-electron chi connectivity index (χ0n) is 5.73. The molecule has 1 aliphatic heterocycles. The maximum atomic E-state index is 9.95. The molecule has 10 heavy (non-hydrogen) atoms. The number of aliphatic hydroxyl groups is 1. The third-order valence-electron chi connectivity index (χ3n) is 1.66. The Morgan fingerprint density at radius 1 is 1.30 bits per heavy atom. The second-order valence-electron chi connectivity index (χ2n) is 2.29. The molecular weight excluding hydrogens is 134 g/mol. The molecule has 1 aliphatic rings. The summed E-state index contributed by atoms with van der Waals surface area (Å²) in [5.74, 6) is 0. The van der Waals surface area contributed by atoms with Gasteiger partial charge in [0.15, 0.2) is 0 Å². The summed E-state index contributed by atoms with van der Waals surface area (Å²) in [4.78, 5) is 11.8. The first-order chi connectivity index (χ1) is 4.86. The number of hydrogen-bond acceptors (Lipinski definition) is 4. The van der Waals surface area contributed by atoms with Crippen molar-refractivity contribution in [1.82, 2.24) is 9.91 Å². The maximum Gasteiger partial charge on any atom is 0.0957 e. The molecule has 1 rings (SSSR count). The van der Waals surface area contributed by atoms with E-state index in [0.717, 1.165) is 13.1 Å². The molecule has 1 saturated heterocycles. The van der Waals surface area contributed by atoms with Gasteiger partial charge in [-0.15, -0.1) is 4.91 Å². The molecular formula is C5H11N3O2. The Morgan fingerprint density at radius 2 is 1.90 bits per heavy atom. The minimum atomic E-state index is 0.0761. The van der Waals surface area contributed by atoms with Gasteiger partial charge in [0.2, 0.25) is 0 Å². The van der Waals surface area contributed by atoms with E-state index in [4.69, 9.17) is 5.11 Å². The highest BCUT2D eigenvalue weighted by atomic mass is 16.3. The summed E-state index contributed by atoms with van der Waals surface area (Å²) in [6.45, 7) is 2.78. The van der Waals surface area contributed by atoms with Crippen molar-refractivity contribution in [3.63, 3.8) is 0 Å². The number of nitrogens with zero attached hydrogens (tertiary/aromatic N) is 3. The van der Waals surface area contributed by atoms with Crippen molar-refractivity contribution >= 4 is 0 Å². The highest BCUT2D eigenvalue weighted by Gasteiger charge is 2.14. The Bertz CT molecular complexity index is 111. The average Bonchev–Trinajstić information content (AvgIpc) is 2.05. The largest absolute Gasteiger partial charge is 0.381 e. The van der Waals surface area contributed by atoms with Crippen LogP contribution in [0.4, 0.5) is 0 Å². The standard InChI is InChI=1S/C5H11N3O2/c9-5-7-1-3-8(6-10)4-2-7/h9H,1-5H2. The molecule has 0 bridgehead atoms. The monoisotopic (exact) mass is 145 g/mol.